The molecule has 0 fully saturated rings. The lowest BCUT2D eigenvalue weighted by molar-refractivity contribution is -0.147. The highest BCUT2D eigenvalue weighted by Crippen LogP contribution is 2.02. The molecule has 106 valence electrons. The van der Waals surface area contributed by atoms with Crippen LogP contribution in [0.15, 0.2) is 6.07 Å². The Hall–Kier alpha value is -1.85. The highest BCUT2D eigenvalue weighted by molar-refractivity contribution is 5.92. The molecule has 1 aromatic rings. The van der Waals surface area contributed by atoms with E-state index in [1.807, 2.05) is 0 Å². The molecule has 0 aliphatic rings. The zero-order valence-electron chi connectivity index (χ0n) is 11.7. The number of amides is 1. The van der Waals surface area contributed by atoms with Gasteiger partial charge in [-0.15, -0.1) is 0 Å². The fraction of sp³-hybridized carbons (Fsp3) is 0.615. The SMILES string of the molecule is CCCc1cc(C(=O)NCCC(=O)OC(C)C)n[nH]1. The quantitative estimate of drug-likeness (QED) is 0.732. The molecule has 1 amide bonds. The van der Waals surface area contributed by atoms with E-state index in [4.69, 9.17) is 4.74 Å². The summed E-state index contributed by atoms with van der Waals surface area (Å²) in [6.45, 7) is 5.88. The monoisotopic (exact) mass is 267 g/mol. The highest BCUT2D eigenvalue weighted by Gasteiger charge is 2.11. The average Bonchev–Trinajstić information content (AvgIpc) is 2.77. The van der Waals surface area contributed by atoms with Crippen molar-refractivity contribution in [3.05, 3.63) is 17.5 Å². The number of nitrogens with one attached hydrogen (secondary N) is 2. The Morgan fingerprint density at radius 1 is 1.47 bits per heavy atom. The van der Waals surface area contributed by atoms with Gasteiger partial charge in [-0.2, -0.15) is 5.10 Å². The summed E-state index contributed by atoms with van der Waals surface area (Å²) in [6.07, 6.45) is 1.88. The number of ether oxygens (including phenoxy) is 1. The maximum Gasteiger partial charge on any atom is 0.307 e. The minimum absolute atomic E-state index is 0.133. The Labute approximate surface area is 112 Å². The van der Waals surface area contributed by atoms with Crippen molar-refractivity contribution in [1.29, 1.82) is 0 Å². The number of aromatic nitrogens is 2. The number of aromatic amines is 1. The number of esters is 1. The summed E-state index contributed by atoms with van der Waals surface area (Å²) in [5, 5.41) is 9.37. The summed E-state index contributed by atoms with van der Waals surface area (Å²) >= 11 is 0. The van der Waals surface area contributed by atoms with Crippen LogP contribution in [0, 0.1) is 0 Å². The van der Waals surface area contributed by atoms with Crippen molar-refractivity contribution in [3.63, 3.8) is 0 Å². The molecule has 0 aromatic carbocycles. The van der Waals surface area contributed by atoms with Crippen molar-refractivity contribution in [2.75, 3.05) is 6.54 Å². The normalized spacial score (nSPS) is 10.5. The number of aryl methyl sites for hydroxylation is 1. The molecule has 0 atom stereocenters. The van der Waals surface area contributed by atoms with Crippen LogP contribution in [0.4, 0.5) is 0 Å². The maximum atomic E-state index is 11.7. The Kier molecular flexibility index (Phi) is 6.05. The molecule has 6 heteroatoms. The van der Waals surface area contributed by atoms with Crippen LogP contribution in [0.3, 0.4) is 0 Å². The molecular formula is C13H21N3O3. The second kappa shape index (κ2) is 7.56. The smallest absolute Gasteiger partial charge is 0.307 e. The molecule has 1 heterocycles. The highest BCUT2D eigenvalue weighted by atomic mass is 16.5. The minimum atomic E-state index is -0.316. The van der Waals surface area contributed by atoms with Gasteiger partial charge in [-0.3, -0.25) is 14.7 Å². The number of hydrogen-bond donors (Lipinski definition) is 2. The van der Waals surface area contributed by atoms with Crippen molar-refractivity contribution in [1.82, 2.24) is 15.5 Å². The number of hydrogen-bond acceptors (Lipinski definition) is 4. The second-order valence-corrected chi connectivity index (χ2v) is 4.57. The zero-order valence-corrected chi connectivity index (χ0v) is 11.7. The van der Waals surface area contributed by atoms with Gasteiger partial charge in [-0.1, -0.05) is 13.3 Å². The van der Waals surface area contributed by atoms with Gasteiger partial charge < -0.3 is 10.1 Å². The molecule has 19 heavy (non-hydrogen) atoms. The molecule has 1 rings (SSSR count). The van der Waals surface area contributed by atoms with Crippen LogP contribution in [-0.2, 0) is 16.0 Å². The van der Waals surface area contributed by atoms with E-state index in [0.29, 0.717) is 5.69 Å². The van der Waals surface area contributed by atoms with Crippen LogP contribution in [0.5, 0.6) is 0 Å². The van der Waals surface area contributed by atoms with Crippen LogP contribution in [0.2, 0.25) is 0 Å². The van der Waals surface area contributed by atoms with E-state index in [1.165, 1.54) is 0 Å². The van der Waals surface area contributed by atoms with E-state index in [1.54, 1.807) is 19.9 Å². The lowest BCUT2D eigenvalue weighted by atomic mass is 10.2. The number of carbonyl (C=O) groups excluding carboxylic acids is 2. The molecule has 0 aliphatic carbocycles. The predicted molar refractivity (Wildman–Crippen MR) is 70.8 cm³/mol. The molecular weight excluding hydrogens is 246 g/mol. The number of H-pyrrole nitrogens is 1. The predicted octanol–water partition coefficient (Wildman–Crippen LogP) is 1.43. The van der Waals surface area contributed by atoms with Gasteiger partial charge in [0.1, 0.15) is 5.69 Å². The lowest BCUT2D eigenvalue weighted by Crippen LogP contribution is -2.27. The first-order chi connectivity index (χ1) is 9.02. The van der Waals surface area contributed by atoms with E-state index in [-0.39, 0.29) is 30.9 Å². The number of nitrogens with zero attached hydrogens (tertiary/aromatic N) is 1. The van der Waals surface area contributed by atoms with Crippen LogP contribution in [-0.4, -0.2) is 34.7 Å². The van der Waals surface area contributed by atoms with E-state index in [2.05, 4.69) is 22.4 Å². The molecule has 0 spiro atoms. The van der Waals surface area contributed by atoms with Crippen molar-refractivity contribution in [2.45, 2.75) is 46.1 Å². The van der Waals surface area contributed by atoms with Crippen LogP contribution in [0.25, 0.3) is 0 Å². The topological polar surface area (TPSA) is 84.1 Å². The molecule has 0 bridgehead atoms. The molecule has 0 aliphatic heterocycles. The fourth-order valence-corrected chi connectivity index (χ4v) is 1.57. The van der Waals surface area contributed by atoms with Crippen molar-refractivity contribution in [3.8, 4) is 0 Å². The van der Waals surface area contributed by atoms with E-state index >= 15 is 0 Å². The summed E-state index contributed by atoms with van der Waals surface area (Å²) in [6, 6.07) is 1.73. The third-order valence-corrected chi connectivity index (χ3v) is 2.36. The van der Waals surface area contributed by atoms with E-state index < -0.39 is 0 Å². The first-order valence-electron chi connectivity index (χ1n) is 6.55. The van der Waals surface area contributed by atoms with Gasteiger partial charge in [0.2, 0.25) is 0 Å². The molecule has 0 radical (unpaired) electrons. The fourth-order valence-electron chi connectivity index (χ4n) is 1.57. The van der Waals surface area contributed by atoms with Gasteiger partial charge in [-0.05, 0) is 26.3 Å². The Morgan fingerprint density at radius 3 is 2.84 bits per heavy atom. The summed E-state index contributed by atoms with van der Waals surface area (Å²) in [5.41, 5.74) is 1.28. The van der Waals surface area contributed by atoms with E-state index in [0.717, 1.165) is 18.5 Å². The van der Waals surface area contributed by atoms with Gasteiger partial charge in [0, 0.05) is 12.2 Å². The summed E-state index contributed by atoms with van der Waals surface area (Å²) in [4.78, 5) is 23.0. The van der Waals surface area contributed by atoms with Gasteiger partial charge >= 0.3 is 5.97 Å². The standard InChI is InChI=1S/C13H21N3O3/c1-4-5-10-8-11(16-15-10)13(18)14-7-6-12(17)19-9(2)3/h8-9H,4-7H2,1-3H3,(H,14,18)(H,15,16). The maximum absolute atomic E-state index is 11.7. The Bertz CT molecular complexity index is 427. The van der Waals surface area contributed by atoms with Gasteiger partial charge in [0.25, 0.3) is 5.91 Å². The molecule has 0 saturated carbocycles. The van der Waals surface area contributed by atoms with Gasteiger partial charge in [0.05, 0.1) is 12.5 Å². The van der Waals surface area contributed by atoms with Crippen LogP contribution >= 0.6 is 0 Å². The number of carbonyl (C=O) groups is 2. The molecule has 2 N–H and O–H groups in total. The molecule has 0 unspecified atom stereocenters. The zero-order chi connectivity index (χ0) is 14.3. The Morgan fingerprint density at radius 2 is 2.21 bits per heavy atom. The first-order valence-corrected chi connectivity index (χ1v) is 6.55. The van der Waals surface area contributed by atoms with Crippen molar-refractivity contribution in [2.24, 2.45) is 0 Å². The average molecular weight is 267 g/mol. The summed E-state index contributed by atoms with van der Waals surface area (Å²) < 4.78 is 4.96. The van der Waals surface area contributed by atoms with Crippen molar-refractivity contribution < 1.29 is 14.3 Å². The largest absolute Gasteiger partial charge is 0.463 e. The Balaban J connectivity index is 2.32. The van der Waals surface area contributed by atoms with Crippen LogP contribution < -0.4 is 5.32 Å². The lowest BCUT2D eigenvalue weighted by Gasteiger charge is -2.07. The third-order valence-electron chi connectivity index (χ3n) is 2.36. The molecule has 1 aromatic heterocycles. The minimum Gasteiger partial charge on any atom is -0.463 e. The first kappa shape index (κ1) is 15.2. The second-order valence-electron chi connectivity index (χ2n) is 4.57. The van der Waals surface area contributed by atoms with Crippen molar-refractivity contribution >= 4 is 11.9 Å². The van der Waals surface area contributed by atoms with E-state index in [9.17, 15) is 9.59 Å². The van der Waals surface area contributed by atoms with Gasteiger partial charge in [-0.25, -0.2) is 0 Å². The third kappa shape index (κ3) is 5.54. The summed E-state index contributed by atoms with van der Waals surface area (Å²) in [5.74, 6) is -0.597. The van der Waals surface area contributed by atoms with Crippen LogP contribution in [0.1, 0.15) is 49.8 Å². The molecule has 0 saturated heterocycles. The molecule has 6 nitrogen and oxygen atoms in total. The number of rotatable bonds is 7. The van der Waals surface area contributed by atoms with Gasteiger partial charge in [0.15, 0.2) is 0 Å². The summed E-state index contributed by atoms with van der Waals surface area (Å²) in [7, 11) is 0.